The minimum absolute atomic E-state index is 0.0256. The fourth-order valence-corrected chi connectivity index (χ4v) is 5.84. The maximum absolute atomic E-state index is 13.7. The molecule has 4 aromatic rings. The molecule has 0 saturated heterocycles. The lowest BCUT2D eigenvalue weighted by molar-refractivity contribution is -0.147. The van der Waals surface area contributed by atoms with Crippen molar-refractivity contribution in [1.82, 2.24) is 16.0 Å². The van der Waals surface area contributed by atoms with Crippen molar-refractivity contribution in [3.63, 3.8) is 0 Å². The molecule has 0 aliphatic rings. The van der Waals surface area contributed by atoms with E-state index in [4.69, 9.17) is 14.2 Å². The number of allylic oxidation sites excluding steroid dienone is 1. The standard InChI is InChI=1S/C45H51N3O8/c1-3-14-37(28-42(50)46-38(29-49)26-34-22-24-40(25-23-34)54-30-35-18-10-6-11-19-35)43(51)47-39(27-33-16-8-5-9-17-33)32-55-44(52)41(15-4-2)48-45(53)56-31-36-20-12-7-13-21-36/h3-13,16-25,37-39,41,49H,1-2,14-15,26-32H2,(H,46,50)(H,47,51)(H,48,53)/t37-,38-,39-,41+/m0/s1. The summed E-state index contributed by atoms with van der Waals surface area (Å²) < 4.78 is 16.8. The first-order valence-electron chi connectivity index (χ1n) is 18.6. The van der Waals surface area contributed by atoms with Gasteiger partial charge >= 0.3 is 12.1 Å². The number of hydrogen-bond acceptors (Lipinski definition) is 8. The van der Waals surface area contributed by atoms with Crippen LogP contribution in [0.15, 0.2) is 141 Å². The zero-order chi connectivity index (χ0) is 40.0. The van der Waals surface area contributed by atoms with Gasteiger partial charge in [0.25, 0.3) is 0 Å². The van der Waals surface area contributed by atoms with Gasteiger partial charge in [0, 0.05) is 6.42 Å². The highest BCUT2D eigenvalue weighted by molar-refractivity contribution is 5.86. The number of rotatable bonds is 23. The predicted molar refractivity (Wildman–Crippen MR) is 214 cm³/mol. The monoisotopic (exact) mass is 761 g/mol. The quantitative estimate of drug-likeness (QED) is 0.0530. The van der Waals surface area contributed by atoms with Gasteiger partial charge in [-0.1, -0.05) is 115 Å². The van der Waals surface area contributed by atoms with Gasteiger partial charge in [0.05, 0.1) is 24.6 Å². The van der Waals surface area contributed by atoms with Gasteiger partial charge in [0.2, 0.25) is 11.8 Å². The molecule has 0 unspecified atom stereocenters. The van der Waals surface area contributed by atoms with E-state index in [2.05, 4.69) is 29.1 Å². The second-order valence-corrected chi connectivity index (χ2v) is 13.3. The van der Waals surface area contributed by atoms with Gasteiger partial charge < -0.3 is 35.3 Å². The van der Waals surface area contributed by atoms with Crippen LogP contribution < -0.4 is 20.7 Å². The van der Waals surface area contributed by atoms with Gasteiger partial charge in [-0.15, -0.1) is 13.2 Å². The molecular weight excluding hydrogens is 711 g/mol. The Morgan fingerprint density at radius 1 is 0.625 bits per heavy atom. The number of benzene rings is 4. The predicted octanol–water partition coefficient (Wildman–Crippen LogP) is 6.01. The van der Waals surface area contributed by atoms with E-state index in [0.29, 0.717) is 25.2 Å². The third kappa shape index (κ3) is 15.3. The van der Waals surface area contributed by atoms with E-state index < -0.39 is 47.9 Å². The molecule has 0 radical (unpaired) electrons. The lowest BCUT2D eigenvalue weighted by atomic mass is 9.98. The zero-order valence-electron chi connectivity index (χ0n) is 31.5. The van der Waals surface area contributed by atoms with Crippen molar-refractivity contribution in [2.75, 3.05) is 13.2 Å². The number of aliphatic hydroxyl groups excluding tert-OH is 1. The molecule has 4 N–H and O–H groups in total. The molecule has 56 heavy (non-hydrogen) atoms. The smallest absolute Gasteiger partial charge is 0.408 e. The third-order valence-electron chi connectivity index (χ3n) is 8.78. The molecule has 3 amide bonds. The maximum atomic E-state index is 13.7. The van der Waals surface area contributed by atoms with Crippen molar-refractivity contribution in [2.45, 2.75) is 63.4 Å². The van der Waals surface area contributed by atoms with Crippen molar-refractivity contribution in [3.8, 4) is 5.75 Å². The largest absolute Gasteiger partial charge is 0.489 e. The minimum Gasteiger partial charge on any atom is -0.489 e. The van der Waals surface area contributed by atoms with Gasteiger partial charge in [0.1, 0.15) is 31.6 Å². The number of alkyl carbamates (subject to hydrolysis) is 1. The van der Waals surface area contributed by atoms with E-state index in [1.54, 1.807) is 6.08 Å². The maximum Gasteiger partial charge on any atom is 0.408 e. The summed E-state index contributed by atoms with van der Waals surface area (Å²) in [5.74, 6) is -1.63. The van der Waals surface area contributed by atoms with Gasteiger partial charge in [-0.3, -0.25) is 9.59 Å². The Balaban J connectivity index is 1.32. The number of carbonyl (C=O) groups excluding carboxylic acids is 4. The molecule has 0 saturated carbocycles. The number of esters is 1. The summed E-state index contributed by atoms with van der Waals surface area (Å²) in [5, 5.41) is 18.4. The number of ether oxygens (including phenoxy) is 3. The topological polar surface area (TPSA) is 152 Å². The van der Waals surface area contributed by atoms with E-state index in [1.807, 2.05) is 115 Å². The Labute approximate surface area is 328 Å². The average molecular weight is 762 g/mol. The molecule has 4 atom stereocenters. The van der Waals surface area contributed by atoms with Crippen LogP contribution in [-0.2, 0) is 49.9 Å². The van der Waals surface area contributed by atoms with Crippen LogP contribution in [0.2, 0.25) is 0 Å². The van der Waals surface area contributed by atoms with Crippen LogP contribution in [-0.4, -0.2) is 60.3 Å². The fourth-order valence-electron chi connectivity index (χ4n) is 5.84. The Morgan fingerprint density at radius 3 is 1.77 bits per heavy atom. The third-order valence-corrected chi connectivity index (χ3v) is 8.78. The molecule has 4 rings (SSSR count). The lowest BCUT2D eigenvalue weighted by Gasteiger charge is -2.24. The Bertz CT molecular complexity index is 1820. The fraction of sp³-hybridized carbons (Fsp3) is 0.289. The zero-order valence-corrected chi connectivity index (χ0v) is 31.5. The molecule has 0 bridgehead atoms. The van der Waals surface area contributed by atoms with Crippen LogP contribution in [0.25, 0.3) is 0 Å². The normalized spacial score (nSPS) is 12.8. The van der Waals surface area contributed by atoms with Crippen LogP contribution in [0.5, 0.6) is 5.75 Å². The molecule has 4 aromatic carbocycles. The molecule has 0 fully saturated rings. The first kappa shape index (κ1) is 42.5. The molecule has 294 valence electrons. The van der Waals surface area contributed by atoms with Gasteiger partial charge in [0.15, 0.2) is 0 Å². The molecule has 11 nitrogen and oxygen atoms in total. The second kappa shape index (κ2) is 23.6. The van der Waals surface area contributed by atoms with E-state index >= 15 is 0 Å². The average Bonchev–Trinajstić information content (AvgIpc) is 3.22. The van der Waals surface area contributed by atoms with E-state index in [-0.39, 0.29) is 39.1 Å². The van der Waals surface area contributed by atoms with Crippen molar-refractivity contribution in [1.29, 1.82) is 0 Å². The van der Waals surface area contributed by atoms with Crippen molar-refractivity contribution < 1.29 is 38.5 Å². The number of carbonyl (C=O) groups is 4. The summed E-state index contributed by atoms with van der Waals surface area (Å²) in [5.41, 5.74) is 3.62. The first-order chi connectivity index (χ1) is 27.3. The molecule has 0 aliphatic heterocycles. The van der Waals surface area contributed by atoms with Crippen LogP contribution >= 0.6 is 0 Å². The highest BCUT2D eigenvalue weighted by atomic mass is 16.6. The van der Waals surface area contributed by atoms with E-state index in [0.717, 1.165) is 22.3 Å². The molecule has 0 spiro atoms. The SMILES string of the molecule is C=CC[C@@H](CC(=O)N[C@H](CO)Cc1ccc(OCc2ccccc2)cc1)C(=O)N[C@H](COC(=O)[C@@H](CC=C)NC(=O)OCc1ccccc1)Cc1ccccc1. The van der Waals surface area contributed by atoms with Crippen molar-refractivity contribution >= 4 is 23.9 Å². The Morgan fingerprint density at radius 2 is 1.18 bits per heavy atom. The lowest BCUT2D eigenvalue weighted by Crippen LogP contribution is -2.47. The Kier molecular flexibility index (Phi) is 17.9. The number of aliphatic hydroxyl groups is 1. The summed E-state index contributed by atoms with van der Waals surface area (Å²) in [6.07, 6.45) is 3.10. The van der Waals surface area contributed by atoms with E-state index in [1.165, 1.54) is 6.08 Å². The van der Waals surface area contributed by atoms with Crippen molar-refractivity contribution in [3.05, 3.63) is 163 Å². The molecule has 11 heteroatoms. The summed E-state index contributed by atoms with van der Waals surface area (Å²) in [7, 11) is 0. The summed E-state index contributed by atoms with van der Waals surface area (Å²) in [6, 6.07) is 33.5. The molecule has 0 aromatic heterocycles. The number of nitrogens with one attached hydrogen (secondary N) is 3. The first-order valence-corrected chi connectivity index (χ1v) is 18.6. The van der Waals surface area contributed by atoms with Crippen LogP contribution in [0.3, 0.4) is 0 Å². The van der Waals surface area contributed by atoms with E-state index in [9.17, 15) is 24.3 Å². The van der Waals surface area contributed by atoms with Crippen molar-refractivity contribution in [2.24, 2.45) is 5.92 Å². The highest BCUT2D eigenvalue weighted by Gasteiger charge is 2.27. The number of hydrogen-bond donors (Lipinski definition) is 4. The van der Waals surface area contributed by atoms with Crippen LogP contribution in [0.4, 0.5) is 4.79 Å². The summed E-state index contributed by atoms with van der Waals surface area (Å²) in [4.78, 5) is 52.6. The highest BCUT2D eigenvalue weighted by Crippen LogP contribution is 2.17. The van der Waals surface area contributed by atoms with Gasteiger partial charge in [-0.2, -0.15) is 0 Å². The summed E-state index contributed by atoms with van der Waals surface area (Å²) >= 11 is 0. The molecular formula is C45H51N3O8. The van der Waals surface area contributed by atoms with Gasteiger partial charge in [-0.25, -0.2) is 9.59 Å². The van der Waals surface area contributed by atoms with Crippen LogP contribution in [0.1, 0.15) is 41.5 Å². The van der Waals surface area contributed by atoms with Gasteiger partial charge in [-0.05, 0) is 60.1 Å². The molecule has 0 aliphatic carbocycles. The minimum atomic E-state index is -1.06. The summed E-state index contributed by atoms with van der Waals surface area (Å²) in [6.45, 7) is 7.42. The second-order valence-electron chi connectivity index (χ2n) is 13.3. The number of amides is 3. The Hall–Kier alpha value is -6.20. The van der Waals surface area contributed by atoms with Crippen LogP contribution in [0, 0.1) is 5.92 Å². The molecule has 0 heterocycles.